The predicted octanol–water partition coefficient (Wildman–Crippen LogP) is 4.47. The van der Waals surface area contributed by atoms with E-state index in [0.29, 0.717) is 13.0 Å². The molecule has 1 aliphatic heterocycles. The SMILES string of the molecule is O=C(NCCc1ccc2c(n1)NCCC2)Nc1ccccc1-c1ccccc1. The molecule has 4 rings (SSSR count). The van der Waals surface area contributed by atoms with Gasteiger partial charge in [-0.3, -0.25) is 0 Å². The molecule has 1 aliphatic rings. The first-order valence-corrected chi connectivity index (χ1v) is 9.71. The number of rotatable bonds is 5. The first-order chi connectivity index (χ1) is 13.8. The second-order valence-corrected chi connectivity index (χ2v) is 6.88. The van der Waals surface area contributed by atoms with Crippen LogP contribution in [0.4, 0.5) is 16.3 Å². The lowest BCUT2D eigenvalue weighted by molar-refractivity contribution is 0.252. The Balaban J connectivity index is 1.34. The fraction of sp³-hybridized carbons (Fsp3) is 0.217. The van der Waals surface area contributed by atoms with Crippen molar-refractivity contribution in [3.05, 3.63) is 78.0 Å². The Morgan fingerprint density at radius 2 is 1.82 bits per heavy atom. The minimum Gasteiger partial charge on any atom is -0.370 e. The highest BCUT2D eigenvalue weighted by Gasteiger charge is 2.11. The first kappa shape index (κ1) is 18.0. The number of fused-ring (bicyclic) bond motifs is 1. The molecule has 0 saturated carbocycles. The third kappa shape index (κ3) is 4.31. The van der Waals surface area contributed by atoms with E-state index in [9.17, 15) is 4.79 Å². The van der Waals surface area contributed by atoms with Gasteiger partial charge in [-0.15, -0.1) is 0 Å². The summed E-state index contributed by atoms with van der Waals surface area (Å²) < 4.78 is 0. The predicted molar refractivity (Wildman–Crippen MR) is 114 cm³/mol. The largest absolute Gasteiger partial charge is 0.370 e. The number of amides is 2. The van der Waals surface area contributed by atoms with Crippen LogP contribution in [-0.2, 0) is 12.8 Å². The molecule has 3 aromatic rings. The molecule has 0 aliphatic carbocycles. The van der Waals surface area contributed by atoms with E-state index in [1.165, 1.54) is 5.56 Å². The van der Waals surface area contributed by atoms with Crippen molar-refractivity contribution >= 4 is 17.5 Å². The summed E-state index contributed by atoms with van der Waals surface area (Å²) in [7, 11) is 0. The van der Waals surface area contributed by atoms with E-state index in [1.807, 2.05) is 54.6 Å². The van der Waals surface area contributed by atoms with Gasteiger partial charge < -0.3 is 16.0 Å². The molecule has 142 valence electrons. The van der Waals surface area contributed by atoms with Crippen LogP contribution in [0.2, 0.25) is 0 Å². The zero-order chi connectivity index (χ0) is 19.2. The highest BCUT2D eigenvalue weighted by atomic mass is 16.2. The van der Waals surface area contributed by atoms with Gasteiger partial charge in [-0.05, 0) is 36.1 Å². The lowest BCUT2D eigenvalue weighted by Gasteiger charge is -2.17. The maximum Gasteiger partial charge on any atom is 0.319 e. The van der Waals surface area contributed by atoms with Gasteiger partial charge in [0.05, 0.1) is 5.69 Å². The summed E-state index contributed by atoms with van der Waals surface area (Å²) >= 11 is 0. The van der Waals surface area contributed by atoms with Crippen LogP contribution in [-0.4, -0.2) is 24.1 Å². The zero-order valence-corrected chi connectivity index (χ0v) is 15.7. The van der Waals surface area contributed by atoms with Gasteiger partial charge in [0, 0.05) is 30.8 Å². The summed E-state index contributed by atoms with van der Waals surface area (Å²) in [6, 6.07) is 21.8. The highest BCUT2D eigenvalue weighted by molar-refractivity contribution is 5.94. The van der Waals surface area contributed by atoms with Crippen LogP contribution >= 0.6 is 0 Å². The van der Waals surface area contributed by atoms with E-state index in [-0.39, 0.29) is 6.03 Å². The van der Waals surface area contributed by atoms with Gasteiger partial charge in [-0.2, -0.15) is 0 Å². The summed E-state index contributed by atoms with van der Waals surface area (Å²) in [5, 5.41) is 9.24. The summed E-state index contributed by atoms with van der Waals surface area (Å²) in [5.74, 6) is 0.991. The number of nitrogens with one attached hydrogen (secondary N) is 3. The number of pyridine rings is 1. The average molecular weight is 372 g/mol. The summed E-state index contributed by atoms with van der Waals surface area (Å²) in [4.78, 5) is 17.0. The van der Waals surface area contributed by atoms with Crippen molar-refractivity contribution in [1.29, 1.82) is 0 Å². The molecule has 2 heterocycles. The van der Waals surface area contributed by atoms with Crippen LogP contribution in [0, 0.1) is 0 Å². The molecule has 28 heavy (non-hydrogen) atoms. The van der Waals surface area contributed by atoms with Crippen molar-refractivity contribution in [2.24, 2.45) is 0 Å². The smallest absolute Gasteiger partial charge is 0.319 e. The molecule has 1 aromatic heterocycles. The quantitative estimate of drug-likeness (QED) is 0.619. The van der Waals surface area contributed by atoms with Crippen molar-refractivity contribution < 1.29 is 4.79 Å². The van der Waals surface area contributed by atoms with Crippen LogP contribution < -0.4 is 16.0 Å². The van der Waals surface area contributed by atoms with Crippen LogP contribution in [0.1, 0.15) is 17.7 Å². The Bertz CT molecular complexity index is 956. The van der Waals surface area contributed by atoms with E-state index in [4.69, 9.17) is 0 Å². The number of benzene rings is 2. The van der Waals surface area contributed by atoms with Gasteiger partial charge in [-0.1, -0.05) is 54.6 Å². The van der Waals surface area contributed by atoms with Gasteiger partial charge in [0.25, 0.3) is 0 Å². The maximum absolute atomic E-state index is 12.4. The van der Waals surface area contributed by atoms with Crippen LogP contribution in [0.25, 0.3) is 11.1 Å². The average Bonchev–Trinajstić information content (AvgIpc) is 2.75. The number of hydrogen-bond donors (Lipinski definition) is 3. The van der Waals surface area contributed by atoms with E-state index in [0.717, 1.165) is 47.7 Å². The Labute approximate surface area is 165 Å². The molecule has 2 aromatic carbocycles. The van der Waals surface area contributed by atoms with E-state index in [2.05, 4.69) is 33.1 Å². The number of hydrogen-bond acceptors (Lipinski definition) is 3. The molecule has 0 spiro atoms. The second-order valence-electron chi connectivity index (χ2n) is 6.88. The van der Waals surface area contributed by atoms with Crippen molar-refractivity contribution in [2.45, 2.75) is 19.3 Å². The third-order valence-electron chi connectivity index (χ3n) is 4.88. The molecular weight excluding hydrogens is 348 g/mol. The summed E-state index contributed by atoms with van der Waals surface area (Å²) in [5.41, 5.74) is 5.13. The van der Waals surface area contributed by atoms with Gasteiger partial charge >= 0.3 is 6.03 Å². The minimum absolute atomic E-state index is 0.209. The molecule has 2 amide bonds. The van der Waals surface area contributed by atoms with Gasteiger partial charge in [-0.25, -0.2) is 9.78 Å². The molecular formula is C23H24N4O. The number of carbonyl (C=O) groups is 1. The monoisotopic (exact) mass is 372 g/mol. The Morgan fingerprint density at radius 1 is 1.00 bits per heavy atom. The molecule has 5 heteroatoms. The Hall–Kier alpha value is -3.34. The summed E-state index contributed by atoms with van der Waals surface area (Å²) in [6.07, 6.45) is 2.93. The molecule has 0 atom stereocenters. The molecule has 5 nitrogen and oxygen atoms in total. The Kier molecular flexibility index (Phi) is 5.52. The number of aromatic nitrogens is 1. The molecule has 0 fully saturated rings. The maximum atomic E-state index is 12.4. The fourth-order valence-corrected chi connectivity index (χ4v) is 3.44. The van der Waals surface area contributed by atoms with Crippen LogP contribution in [0.3, 0.4) is 0 Å². The van der Waals surface area contributed by atoms with Crippen LogP contribution in [0.15, 0.2) is 66.7 Å². The molecule has 0 radical (unpaired) electrons. The van der Waals surface area contributed by atoms with E-state index in [1.54, 1.807) is 0 Å². The van der Waals surface area contributed by atoms with Crippen molar-refractivity contribution in [3.8, 4) is 11.1 Å². The van der Waals surface area contributed by atoms with Gasteiger partial charge in [0.2, 0.25) is 0 Å². The van der Waals surface area contributed by atoms with Crippen LogP contribution in [0.5, 0.6) is 0 Å². The number of urea groups is 1. The normalized spacial score (nSPS) is 12.6. The first-order valence-electron chi connectivity index (χ1n) is 9.71. The topological polar surface area (TPSA) is 66.0 Å². The van der Waals surface area contributed by atoms with E-state index < -0.39 is 0 Å². The number of carbonyl (C=O) groups excluding carboxylic acids is 1. The third-order valence-corrected chi connectivity index (χ3v) is 4.88. The molecule has 0 saturated heterocycles. The fourth-order valence-electron chi connectivity index (χ4n) is 3.44. The minimum atomic E-state index is -0.209. The Morgan fingerprint density at radius 3 is 2.71 bits per heavy atom. The molecule has 0 unspecified atom stereocenters. The summed E-state index contributed by atoms with van der Waals surface area (Å²) in [6.45, 7) is 1.51. The number of nitrogens with zero attached hydrogens (tertiary/aromatic N) is 1. The lowest BCUT2D eigenvalue weighted by Crippen LogP contribution is -2.30. The number of anilines is 2. The number of para-hydroxylation sites is 1. The van der Waals surface area contributed by atoms with Crippen molar-refractivity contribution in [1.82, 2.24) is 10.3 Å². The van der Waals surface area contributed by atoms with Crippen molar-refractivity contribution in [3.63, 3.8) is 0 Å². The standard InChI is InChI=1S/C23H24N4O/c28-23(25-16-14-19-13-12-18-9-6-15-24-22(18)26-19)27-21-11-5-4-10-20(21)17-7-2-1-3-8-17/h1-5,7-8,10-13H,6,9,14-16H2,(H,24,26)(H2,25,27,28). The number of aryl methyl sites for hydroxylation is 1. The van der Waals surface area contributed by atoms with Gasteiger partial charge in [0.1, 0.15) is 5.82 Å². The van der Waals surface area contributed by atoms with E-state index >= 15 is 0 Å². The second kappa shape index (κ2) is 8.57. The molecule has 3 N–H and O–H groups in total. The lowest BCUT2D eigenvalue weighted by atomic mass is 10.0. The van der Waals surface area contributed by atoms with Crippen molar-refractivity contribution in [2.75, 3.05) is 23.7 Å². The van der Waals surface area contributed by atoms with Gasteiger partial charge in [0.15, 0.2) is 0 Å². The highest BCUT2D eigenvalue weighted by Crippen LogP contribution is 2.27. The molecule has 0 bridgehead atoms. The zero-order valence-electron chi connectivity index (χ0n) is 15.7.